The van der Waals surface area contributed by atoms with Gasteiger partial charge in [-0.25, -0.2) is 0 Å². The molecule has 2 aliphatic rings. The van der Waals surface area contributed by atoms with Crippen molar-refractivity contribution in [3.63, 3.8) is 0 Å². The van der Waals surface area contributed by atoms with Crippen molar-refractivity contribution in [3.8, 4) is 50.9 Å². The summed E-state index contributed by atoms with van der Waals surface area (Å²) in [5, 5.41) is 2.52. The van der Waals surface area contributed by atoms with Crippen LogP contribution in [0, 0.1) is 0 Å². The lowest BCUT2D eigenvalue weighted by molar-refractivity contribution is 0.465. The quantitative estimate of drug-likeness (QED) is 0.193. The minimum absolute atomic E-state index is 0.000751. The molecule has 0 N–H and O–H groups in total. The van der Waals surface area contributed by atoms with E-state index < -0.39 is 0 Å². The van der Waals surface area contributed by atoms with Gasteiger partial charge in [0.15, 0.2) is 0 Å². The second kappa shape index (κ2) is 9.75. The minimum Gasteiger partial charge on any atom is -0.458 e. The number of hydrogen-bond donors (Lipinski definition) is 0. The Hall–Kier alpha value is -6.00. The Morgan fingerprint density at radius 2 is 1.09 bits per heavy atom. The molecule has 0 saturated heterocycles. The van der Waals surface area contributed by atoms with Gasteiger partial charge in [-0.15, -0.1) is 0 Å². The van der Waals surface area contributed by atoms with Gasteiger partial charge in [0.1, 0.15) is 23.0 Å². The largest absolute Gasteiger partial charge is 0.458 e. The summed E-state index contributed by atoms with van der Waals surface area (Å²) >= 11 is 0. The zero-order chi connectivity index (χ0) is 30.2. The van der Waals surface area contributed by atoms with Gasteiger partial charge in [-0.2, -0.15) is 0 Å². The van der Waals surface area contributed by atoms with Crippen molar-refractivity contribution in [2.24, 2.45) is 0 Å². The van der Waals surface area contributed by atoms with Gasteiger partial charge in [-0.3, -0.25) is 0 Å². The molecule has 0 spiro atoms. The fourth-order valence-electron chi connectivity index (χ4n) is 7.48. The number of aromatic nitrogens is 1. The van der Waals surface area contributed by atoms with E-state index in [9.17, 15) is 0 Å². The smallest absolute Gasteiger partial charge is 0.260 e. The Kier molecular flexibility index (Phi) is 5.37. The van der Waals surface area contributed by atoms with Crippen molar-refractivity contribution < 1.29 is 9.47 Å². The summed E-state index contributed by atoms with van der Waals surface area (Å²) in [6.07, 6.45) is 0. The van der Waals surface area contributed by atoms with Crippen molar-refractivity contribution in [3.05, 3.63) is 158 Å². The average Bonchev–Trinajstić information content (AvgIpc) is 3.46. The first kappa shape index (κ1) is 25.3. The summed E-state index contributed by atoms with van der Waals surface area (Å²) in [5.74, 6) is 3.50. The highest BCUT2D eigenvalue weighted by molar-refractivity contribution is 6.98. The fourth-order valence-corrected chi connectivity index (χ4v) is 7.48. The zero-order valence-corrected chi connectivity index (χ0v) is 24.9. The van der Waals surface area contributed by atoms with Crippen molar-refractivity contribution in [2.45, 2.75) is 0 Å². The molecule has 0 unspecified atom stereocenters. The Bertz CT molecular complexity index is 2430. The van der Waals surface area contributed by atoms with Gasteiger partial charge < -0.3 is 14.0 Å². The van der Waals surface area contributed by atoms with E-state index in [4.69, 9.17) is 9.47 Å². The van der Waals surface area contributed by atoms with Crippen LogP contribution in [0.1, 0.15) is 0 Å². The van der Waals surface area contributed by atoms with Crippen LogP contribution in [-0.2, 0) is 0 Å². The molecule has 10 rings (SSSR count). The summed E-state index contributed by atoms with van der Waals surface area (Å²) in [4.78, 5) is 0. The topological polar surface area (TPSA) is 23.4 Å². The third-order valence-corrected chi connectivity index (χ3v) is 9.55. The molecule has 0 atom stereocenters. The number of hydrogen-bond acceptors (Lipinski definition) is 2. The zero-order valence-electron chi connectivity index (χ0n) is 24.9. The number of rotatable bonds is 3. The average molecular weight is 587 g/mol. The maximum Gasteiger partial charge on any atom is 0.260 e. The Morgan fingerprint density at radius 1 is 0.435 bits per heavy atom. The van der Waals surface area contributed by atoms with Gasteiger partial charge in [-0.1, -0.05) is 115 Å². The maximum atomic E-state index is 6.77. The molecule has 1 aromatic heterocycles. The van der Waals surface area contributed by atoms with Gasteiger partial charge in [-0.05, 0) is 70.1 Å². The molecular weight excluding hydrogens is 561 g/mol. The van der Waals surface area contributed by atoms with Crippen molar-refractivity contribution >= 4 is 44.9 Å². The Balaban J connectivity index is 1.12. The van der Waals surface area contributed by atoms with E-state index in [0.717, 1.165) is 56.2 Å². The fraction of sp³-hybridized carbons (Fsp3) is 0. The monoisotopic (exact) mass is 587 g/mol. The molecule has 8 aromatic rings. The molecule has 0 fully saturated rings. The Morgan fingerprint density at radius 3 is 1.85 bits per heavy atom. The molecule has 0 radical (unpaired) electrons. The second-order valence-electron chi connectivity index (χ2n) is 12.1. The molecule has 7 aromatic carbocycles. The Labute approximate surface area is 267 Å². The van der Waals surface area contributed by atoms with Crippen LogP contribution in [0.2, 0.25) is 0 Å². The third-order valence-electron chi connectivity index (χ3n) is 9.55. The van der Waals surface area contributed by atoms with Crippen LogP contribution in [0.15, 0.2) is 158 Å². The van der Waals surface area contributed by atoms with E-state index in [1.165, 1.54) is 32.9 Å². The van der Waals surface area contributed by atoms with Crippen LogP contribution in [0.5, 0.6) is 23.0 Å². The highest BCUT2D eigenvalue weighted by atomic mass is 16.5. The highest BCUT2D eigenvalue weighted by Crippen LogP contribution is 2.40. The molecule has 0 saturated carbocycles. The SMILES string of the molecule is c1ccc(-c2ccc3c(c2)B2c4cccc(-c5ccc(-n6c7ccccc7c7ccccc76)cc5)c4Oc4cccc(c42)O3)cc1. The van der Waals surface area contributed by atoms with E-state index in [2.05, 4.69) is 150 Å². The van der Waals surface area contributed by atoms with E-state index in [0.29, 0.717) is 0 Å². The van der Waals surface area contributed by atoms with Crippen molar-refractivity contribution in [1.29, 1.82) is 0 Å². The van der Waals surface area contributed by atoms with Crippen LogP contribution < -0.4 is 25.9 Å². The lowest BCUT2D eigenvalue weighted by Crippen LogP contribution is -2.57. The van der Waals surface area contributed by atoms with Gasteiger partial charge >= 0.3 is 0 Å². The first-order chi connectivity index (χ1) is 22.8. The number of nitrogens with zero attached hydrogens (tertiary/aromatic N) is 1. The van der Waals surface area contributed by atoms with Gasteiger partial charge in [0.05, 0.1) is 11.0 Å². The van der Waals surface area contributed by atoms with E-state index in [1.807, 2.05) is 12.1 Å². The number of para-hydroxylation sites is 3. The predicted molar refractivity (Wildman–Crippen MR) is 189 cm³/mol. The predicted octanol–water partition coefficient (Wildman–Crippen LogP) is 8.85. The summed E-state index contributed by atoms with van der Waals surface area (Å²) < 4.78 is 15.6. The van der Waals surface area contributed by atoms with Crippen LogP contribution in [-0.4, -0.2) is 11.3 Å². The molecular formula is C42H26BNO2. The van der Waals surface area contributed by atoms with Crippen LogP contribution in [0.25, 0.3) is 49.7 Å². The standard InChI is InChI=1S/C42H26BNO2/c1-2-10-27(11-3-1)29-22-25-38-35(26-29)43-34-15-8-14-31(42(34)46-40-19-9-18-39(45-38)41(40)43)28-20-23-30(24-21-28)44-36-16-6-4-12-32(36)33-13-5-7-17-37(33)44/h1-26H. The minimum atomic E-state index is -0.000751. The van der Waals surface area contributed by atoms with E-state index in [-0.39, 0.29) is 6.71 Å². The lowest BCUT2D eigenvalue weighted by atomic mass is 9.34. The van der Waals surface area contributed by atoms with Gasteiger partial charge in [0.2, 0.25) is 0 Å². The summed E-state index contributed by atoms with van der Waals surface area (Å²) in [7, 11) is 0. The summed E-state index contributed by atoms with van der Waals surface area (Å²) in [6, 6.07) is 55.9. The van der Waals surface area contributed by atoms with Crippen molar-refractivity contribution in [1.82, 2.24) is 4.57 Å². The molecule has 4 heteroatoms. The van der Waals surface area contributed by atoms with Crippen LogP contribution in [0.3, 0.4) is 0 Å². The summed E-state index contributed by atoms with van der Waals surface area (Å²) in [6.45, 7) is -0.000751. The number of ether oxygens (including phenoxy) is 2. The molecule has 0 bridgehead atoms. The highest BCUT2D eigenvalue weighted by Gasteiger charge is 2.40. The summed E-state index contributed by atoms with van der Waals surface area (Å²) in [5.41, 5.74) is 11.5. The third kappa shape index (κ3) is 3.67. The van der Waals surface area contributed by atoms with Crippen LogP contribution in [0.4, 0.5) is 0 Å². The second-order valence-corrected chi connectivity index (χ2v) is 12.1. The van der Waals surface area contributed by atoms with Gasteiger partial charge in [0, 0.05) is 27.5 Å². The molecule has 214 valence electrons. The molecule has 46 heavy (non-hydrogen) atoms. The maximum absolute atomic E-state index is 6.77. The van der Waals surface area contributed by atoms with Gasteiger partial charge in [0.25, 0.3) is 6.71 Å². The van der Waals surface area contributed by atoms with Crippen LogP contribution >= 0.6 is 0 Å². The molecule has 0 amide bonds. The first-order valence-corrected chi connectivity index (χ1v) is 15.7. The molecule has 3 nitrogen and oxygen atoms in total. The molecule has 3 heterocycles. The molecule has 2 aliphatic heterocycles. The van der Waals surface area contributed by atoms with E-state index in [1.54, 1.807) is 0 Å². The normalized spacial score (nSPS) is 12.7. The molecule has 0 aliphatic carbocycles. The number of benzene rings is 7. The number of fused-ring (bicyclic) bond motifs is 7. The lowest BCUT2D eigenvalue weighted by Gasteiger charge is -2.34. The van der Waals surface area contributed by atoms with E-state index >= 15 is 0 Å². The van der Waals surface area contributed by atoms with Crippen molar-refractivity contribution in [2.75, 3.05) is 0 Å². The first-order valence-electron chi connectivity index (χ1n) is 15.7.